The van der Waals surface area contributed by atoms with E-state index in [2.05, 4.69) is 5.32 Å². The lowest BCUT2D eigenvalue weighted by Gasteiger charge is -2.42. The molecule has 7 heteroatoms. The van der Waals surface area contributed by atoms with Gasteiger partial charge in [0.05, 0.1) is 24.6 Å². The van der Waals surface area contributed by atoms with Crippen molar-refractivity contribution in [2.45, 2.75) is 30.9 Å². The van der Waals surface area contributed by atoms with Gasteiger partial charge in [0.1, 0.15) is 11.9 Å². The molecule has 3 aromatic carbocycles. The van der Waals surface area contributed by atoms with Crippen LogP contribution in [0.4, 0.5) is 0 Å². The number of hydrogen-bond acceptors (Lipinski definition) is 5. The lowest BCUT2D eigenvalue weighted by Crippen LogP contribution is -2.53. The summed E-state index contributed by atoms with van der Waals surface area (Å²) in [6.07, 6.45) is -0.0292. The maximum atomic E-state index is 13.2. The van der Waals surface area contributed by atoms with Gasteiger partial charge < -0.3 is 19.9 Å². The van der Waals surface area contributed by atoms with Gasteiger partial charge in [-0.15, -0.1) is 0 Å². The Morgan fingerprint density at radius 1 is 1.00 bits per heavy atom. The number of carbonyl (C=O) groups is 3. The summed E-state index contributed by atoms with van der Waals surface area (Å²) in [5, 5.41) is 12.8. The average Bonchev–Trinajstić information content (AvgIpc) is 2.84. The first-order valence-electron chi connectivity index (χ1n) is 10.9. The van der Waals surface area contributed by atoms with Crippen molar-refractivity contribution >= 4 is 17.8 Å². The van der Waals surface area contributed by atoms with Crippen LogP contribution in [0.5, 0.6) is 5.75 Å². The van der Waals surface area contributed by atoms with Crippen LogP contribution in [0.2, 0.25) is 0 Å². The molecule has 4 rings (SSSR count). The predicted octanol–water partition coefficient (Wildman–Crippen LogP) is 3.97. The Morgan fingerprint density at radius 2 is 1.68 bits per heavy atom. The molecule has 34 heavy (non-hydrogen) atoms. The van der Waals surface area contributed by atoms with Crippen molar-refractivity contribution in [1.29, 1.82) is 0 Å². The van der Waals surface area contributed by atoms with E-state index in [-0.39, 0.29) is 18.4 Å². The number of nitrogens with one attached hydrogen (secondary N) is 1. The van der Waals surface area contributed by atoms with Gasteiger partial charge in [-0.1, -0.05) is 48.5 Å². The van der Waals surface area contributed by atoms with Crippen LogP contribution < -0.4 is 10.1 Å². The fourth-order valence-corrected chi connectivity index (χ4v) is 4.43. The fourth-order valence-electron chi connectivity index (χ4n) is 4.43. The summed E-state index contributed by atoms with van der Waals surface area (Å²) in [5.74, 6) is -1.62. The number of carbonyl (C=O) groups excluding carboxylic acids is 2. The third kappa shape index (κ3) is 4.93. The van der Waals surface area contributed by atoms with Gasteiger partial charge in [-0.2, -0.15) is 0 Å². The zero-order chi connectivity index (χ0) is 24.1. The van der Waals surface area contributed by atoms with Gasteiger partial charge in [0.15, 0.2) is 0 Å². The number of fused-ring (bicyclic) bond motifs is 1. The molecule has 0 aromatic heterocycles. The maximum Gasteiger partial charge on any atom is 0.337 e. The van der Waals surface area contributed by atoms with Crippen molar-refractivity contribution in [3.05, 3.63) is 101 Å². The third-order valence-electron chi connectivity index (χ3n) is 5.93. The molecular weight excluding hydrogens is 434 g/mol. The molecule has 0 saturated heterocycles. The van der Waals surface area contributed by atoms with Crippen LogP contribution in [0.25, 0.3) is 0 Å². The second-order valence-corrected chi connectivity index (χ2v) is 8.31. The second-order valence-electron chi connectivity index (χ2n) is 8.31. The van der Waals surface area contributed by atoms with Gasteiger partial charge in [0.25, 0.3) is 5.91 Å². The monoisotopic (exact) mass is 459 g/mol. The SMILES string of the molecule is COC(=O)c1ccc2c(c1)C(CC(=O)O)(NC(=O)c1ccccc1)CC(Cc1ccccc1)O2. The topological polar surface area (TPSA) is 102 Å². The van der Waals surface area contributed by atoms with E-state index >= 15 is 0 Å². The number of amides is 1. The normalized spacial score (nSPS) is 18.8. The molecule has 1 aliphatic rings. The van der Waals surface area contributed by atoms with Crippen molar-refractivity contribution in [1.82, 2.24) is 5.32 Å². The number of aliphatic carboxylic acids is 1. The minimum atomic E-state index is -1.30. The van der Waals surface area contributed by atoms with Crippen LogP contribution in [0.1, 0.15) is 44.7 Å². The molecular formula is C27H25NO6. The molecule has 1 heterocycles. The molecule has 0 aliphatic carbocycles. The summed E-state index contributed by atoms with van der Waals surface area (Å²) in [6.45, 7) is 0. The van der Waals surface area contributed by atoms with E-state index in [1.54, 1.807) is 48.5 Å². The van der Waals surface area contributed by atoms with E-state index in [9.17, 15) is 19.5 Å². The lowest BCUT2D eigenvalue weighted by atomic mass is 9.77. The van der Waals surface area contributed by atoms with Gasteiger partial charge in [-0.3, -0.25) is 9.59 Å². The van der Waals surface area contributed by atoms with Gasteiger partial charge in [-0.25, -0.2) is 4.79 Å². The number of ether oxygens (including phenoxy) is 2. The third-order valence-corrected chi connectivity index (χ3v) is 5.93. The van der Waals surface area contributed by atoms with Gasteiger partial charge in [0, 0.05) is 24.0 Å². The van der Waals surface area contributed by atoms with Crippen LogP contribution in [0.3, 0.4) is 0 Å². The van der Waals surface area contributed by atoms with Gasteiger partial charge in [-0.05, 0) is 35.9 Å². The Morgan fingerprint density at radius 3 is 2.32 bits per heavy atom. The van der Waals surface area contributed by atoms with E-state index in [1.165, 1.54) is 7.11 Å². The average molecular weight is 459 g/mol. The highest BCUT2D eigenvalue weighted by Gasteiger charge is 2.45. The van der Waals surface area contributed by atoms with Crippen LogP contribution in [-0.2, 0) is 21.5 Å². The lowest BCUT2D eigenvalue weighted by molar-refractivity contribution is -0.139. The second kappa shape index (κ2) is 9.79. The Labute approximate surface area is 197 Å². The number of methoxy groups -OCH3 is 1. The van der Waals surface area contributed by atoms with Crippen molar-refractivity contribution in [3.63, 3.8) is 0 Å². The van der Waals surface area contributed by atoms with Crippen molar-refractivity contribution in [2.24, 2.45) is 0 Å². The summed E-state index contributed by atoms with van der Waals surface area (Å²) >= 11 is 0. The molecule has 1 amide bonds. The van der Waals surface area contributed by atoms with E-state index in [0.29, 0.717) is 23.3 Å². The Kier molecular flexibility index (Phi) is 6.63. The van der Waals surface area contributed by atoms with Gasteiger partial charge in [0.2, 0.25) is 0 Å². The summed E-state index contributed by atoms with van der Waals surface area (Å²) in [7, 11) is 1.27. The molecule has 0 saturated carbocycles. The Bertz CT molecular complexity index is 1190. The zero-order valence-corrected chi connectivity index (χ0v) is 18.7. The molecule has 3 aromatic rings. The summed E-state index contributed by atoms with van der Waals surface area (Å²) < 4.78 is 11.1. The zero-order valence-electron chi connectivity index (χ0n) is 18.7. The largest absolute Gasteiger partial charge is 0.490 e. The molecule has 0 radical (unpaired) electrons. The summed E-state index contributed by atoms with van der Waals surface area (Å²) in [6, 6.07) is 23.1. The Hall–Kier alpha value is -4.13. The highest BCUT2D eigenvalue weighted by atomic mass is 16.5. The molecule has 7 nitrogen and oxygen atoms in total. The number of esters is 1. The molecule has 2 N–H and O–H groups in total. The van der Waals surface area contributed by atoms with Crippen molar-refractivity contribution in [3.8, 4) is 5.75 Å². The summed E-state index contributed by atoms with van der Waals surface area (Å²) in [5.41, 5.74) is 0.821. The van der Waals surface area contributed by atoms with E-state index in [0.717, 1.165) is 5.56 Å². The minimum Gasteiger partial charge on any atom is -0.490 e. The van der Waals surface area contributed by atoms with Gasteiger partial charge >= 0.3 is 11.9 Å². The van der Waals surface area contributed by atoms with Crippen LogP contribution in [-0.4, -0.2) is 36.2 Å². The van der Waals surface area contributed by atoms with E-state index in [4.69, 9.17) is 9.47 Å². The fraction of sp³-hybridized carbons (Fsp3) is 0.222. The molecule has 2 atom stereocenters. The molecule has 174 valence electrons. The predicted molar refractivity (Wildman–Crippen MR) is 125 cm³/mol. The number of carboxylic acid groups (broad SMARTS) is 1. The van der Waals surface area contributed by atoms with Crippen LogP contribution in [0.15, 0.2) is 78.9 Å². The Balaban J connectivity index is 1.80. The number of carboxylic acids is 1. The summed E-state index contributed by atoms with van der Waals surface area (Å²) in [4.78, 5) is 37.5. The number of hydrogen-bond donors (Lipinski definition) is 2. The smallest absolute Gasteiger partial charge is 0.337 e. The number of rotatable bonds is 7. The first kappa shape index (κ1) is 23.0. The van der Waals surface area contributed by atoms with Crippen molar-refractivity contribution in [2.75, 3.05) is 7.11 Å². The molecule has 0 fully saturated rings. The minimum absolute atomic E-state index is 0.213. The molecule has 0 spiro atoms. The maximum absolute atomic E-state index is 13.2. The highest BCUT2D eigenvalue weighted by Crippen LogP contribution is 2.43. The number of benzene rings is 3. The van der Waals surface area contributed by atoms with Crippen molar-refractivity contribution < 1.29 is 29.0 Å². The van der Waals surface area contributed by atoms with E-state index in [1.807, 2.05) is 30.3 Å². The molecule has 1 aliphatic heterocycles. The highest BCUT2D eigenvalue weighted by molar-refractivity contribution is 5.95. The van der Waals surface area contributed by atoms with Crippen LogP contribution >= 0.6 is 0 Å². The molecule has 2 unspecified atom stereocenters. The van der Waals surface area contributed by atoms with E-state index < -0.39 is 29.5 Å². The van der Waals surface area contributed by atoms with Crippen LogP contribution in [0, 0.1) is 0 Å². The first-order valence-corrected chi connectivity index (χ1v) is 10.9. The molecule has 0 bridgehead atoms. The first-order chi connectivity index (χ1) is 16.4. The quantitative estimate of drug-likeness (QED) is 0.519. The standard InChI is InChI=1S/C27H25NO6/c1-33-26(32)20-12-13-23-22(15-20)27(17-24(29)30,28-25(31)19-10-6-3-7-11-19)16-21(34-23)14-18-8-4-2-5-9-18/h2-13,15,21H,14,16-17H2,1H3,(H,28,31)(H,29,30).